The minimum atomic E-state index is -0.0116. The van der Waals surface area contributed by atoms with Crippen LogP contribution in [0.3, 0.4) is 0 Å². The van der Waals surface area contributed by atoms with E-state index < -0.39 is 0 Å². The quantitative estimate of drug-likeness (QED) is 0.517. The molecule has 0 spiro atoms. The zero-order valence-electron chi connectivity index (χ0n) is 12.0. The van der Waals surface area contributed by atoms with Crippen LogP contribution in [0.25, 0.3) is 0 Å². The van der Waals surface area contributed by atoms with E-state index in [1.807, 2.05) is 25.1 Å². The Labute approximate surface area is 157 Å². The van der Waals surface area contributed by atoms with Crippen LogP contribution in [0.2, 0.25) is 10.0 Å². The summed E-state index contributed by atoms with van der Waals surface area (Å²) in [6.45, 7) is 3.41. The Hall–Kier alpha value is -0.390. The van der Waals surface area contributed by atoms with Crippen molar-refractivity contribution in [2.45, 2.75) is 19.9 Å². The summed E-state index contributed by atoms with van der Waals surface area (Å²) in [6.07, 6.45) is 0. The van der Waals surface area contributed by atoms with Gasteiger partial charge in [0.1, 0.15) is 0 Å². The second-order valence-electron chi connectivity index (χ2n) is 4.63. The zero-order valence-corrected chi connectivity index (χ0v) is 16.7. The Balaban J connectivity index is 0.000000220. The highest BCUT2D eigenvalue weighted by Crippen LogP contribution is 2.24. The van der Waals surface area contributed by atoms with E-state index in [1.165, 1.54) is 6.92 Å². The molecule has 0 fully saturated rings. The molecule has 0 aliphatic rings. The average molecular weight is 468 g/mol. The number of hydrogen-bond acceptors (Lipinski definition) is 2. The minimum absolute atomic E-state index is 0.00407. The lowest BCUT2D eigenvalue weighted by Gasteiger charge is -2.07. The van der Waals surface area contributed by atoms with Crippen LogP contribution in [0.4, 0.5) is 0 Å². The first-order valence-electron chi connectivity index (χ1n) is 6.39. The second-order valence-corrected chi connectivity index (χ2v) is 7.28. The molecule has 2 rings (SSSR count). The maximum atomic E-state index is 10.9. The van der Waals surface area contributed by atoms with Gasteiger partial charge < -0.3 is 5.73 Å². The molecule has 118 valence electrons. The second kappa shape index (κ2) is 9.04. The van der Waals surface area contributed by atoms with Gasteiger partial charge in [0.15, 0.2) is 5.78 Å². The van der Waals surface area contributed by atoms with E-state index in [0.717, 1.165) is 19.5 Å². The largest absolute Gasteiger partial charge is 0.324 e. The molecular weight excluding hydrogens is 453 g/mol. The van der Waals surface area contributed by atoms with E-state index in [9.17, 15) is 4.79 Å². The molecule has 0 heterocycles. The number of ketones is 1. The number of Topliss-reactive ketones (excluding diaryl/α,β-unsaturated/α-hetero) is 1. The van der Waals surface area contributed by atoms with E-state index in [1.54, 1.807) is 18.2 Å². The van der Waals surface area contributed by atoms with Crippen molar-refractivity contribution in [3.63, 3.8) is 0 Å². The van der Waals surface area contributed by atoms with Gasteiger partial charge in [0.05, 0.1) is 5.02 Å². The molecule has 6 heteroatoms. The zero-order chi connectivity index (χ0) is 16.9. The SMILES string of the molecule is CC(=O)c1ccc(Br)cc1Cl.CC(N)c1ccc(Br)cc1Cl. The summed E-state index contributed by atoms with van der Waals surface area (Å²) >= 11 is 18.3. The molecule has 1 unspecified atom stereocenters. The fourth-order valence-corrected chi connectivity index (χ4v) is 3.30. The fourth-order valence-electron chi connectivity index (χ4n) is 1.65. The van der Waals surface area contributed by atoms with Crippen molar-refractivity contribution >= 4 is 60.8 Å². The first-order chi connectivity index (χ1) is 10.2. The van der Waals surface area contributed by atoms with Crippen LogP contribution in [0, 0.1) is 0 Å². The van der Waals surface area contributed by atoms with Crippen molar-refractivity contribution in [3.8, 4) is 0 Å². The third-order valence-electron chi connectivity index (χ3n) is 2.76. The summed E-state index contributed by atoms with van der Waals surface area (Å²) < 4.78 is 1.86. The molecule has 22 heavy (non-hydrogen) atoms. The molecule has 2 aromatic rings. The lowest BCUT2D eigenvalue weighted by atomic mass is 10.1. The number of carbonyl (C=O) groups is 1. The molecular formula is C16H15Br2Cl2NO. The van der Waals surface area contributed by atoms with Crippen LogP contribution < -0.4 is 5.73 Å². The molecule has 0 aromatic heterocycles. The predicted octanol–water partition coefficient (Wildman–Crippen LogP) is 6.43. The van der Waals surface area contributed by atoms with Crippen molar-refractivity contribution in [3.05, 3.63) is 66.5 Å². The number of nitrogens with two attached hydrogens (primary N) is 1. The van der Waals surface area contributed by atoms with E-state index >= 15 is 0 Å². The van der Waals surface area contributed by atoms with Gasteiger partial charge in [0, 0.05) is 25.6 Å². The topological polar surface area (TPSA) is 43.1 Å². The van der Waals surface area contributed by atoms with Crippen molar-refractivity contribution in [1.82, 2.24) is 0 Å². The third kappa shape index (κ3) is 6.01. The van der Waals surface area contributed by atoms with Gasteiger partial charge in [-0.3, -0.25) is 4.79 Å². The summed E-state index contributed by atoms with van der Waals surface area (Å²) in [5, 5.41) is 1.21. The van der Waals surface area contributed by atoms with Crippen LogP contribution in [-0.4, -0.2) is 5.78 Å². The van der Waals surface area contributed by atoms with Gasteiger partial charge in [-0.05, 0) is 49.7 Å². The van der Waals surface area contributed by atoms with Gasteiger partial charge in [-0.2, -0.15) is 0 Å². The number of benzene rings is 2. The Kier molecular flexibility index (Phi) is 8.08. The molecule has 1 atom stereocenters. The molecule has 0 saturated carbocycles. The fraction of sp³-hybridized carbons (Fsp3) is 0.188. The Morgan fingerprint density at radius 3 is 1.95 bits per heavy atom. The maximum Gasteiger partial charge on any atom is 0.161 e. The van der Waals surface area contributed by atoms with Crippen LogP contribution in [0.1, 0.15) is 35.8 Å². The van der Waals surface area contributed by atoms with E-state index in [2.05, 4.69) is 31.9 Å². The molecule has 0 saturated heterocycles. The third-order valence-corrected chi connectivity index (χ3v) is 4.39. The van der Waals surface area contributed by atoms with Crippen LogP contribution in [-0.2, 0) is 0 Å². The lowest BCUT2D eigenvalue weighted by Crippen LogP contribution is -2.05. The normalized spacial score (nSPS) is 11.4. The Bertz CT molecular complexity index is 675. The summed E-state index contributed by atoms with van der Waals surface area (Å²) in [4.78, 5) is 10.9. The Morgan fingerprint density at radius 2 is 1.55 bits per heavy atom. The summed E-state index contributed by atoms with van der Waals surface area (Å²) in [6, 6.07) is 10.9. The first kappa shape index (κ1) is 19.7. The minimum Gasteiger partial charge on any atom is -0.324 e. The summed E-state index contributed by atoms with van der Waals surface area (Å²) in [5.74, 6) is -0.0116. The first-order valence-corrected chi connectivity index (χ1v) is 8.73. The van der Waals surface area contributed by atoms with Gasteiger partial charge in [-0.25, -0.2) is 0 Å². The van der Waals surface area contributed by atoms with Crippen molar-refractivity contribution in [2.24, 2.45) is 5.73 Å². The number of carbonyl (C=O) groups excluding carboxylic acids is 1. The highest BCUT2D eigenvalue weighted by molar-refractivity contribution is 9.10. The number of halogens is 4. The predicted molar refractivity (Wildman–Crippen MR) is 101 cm³/mol. The lowest BCUT2D eigenvalue weighted by molar-refractivity contribution is 0.101. The maximum absolute atomic E-state index is 10.9. The van der Waals surface area contributed by atoms with Crippen molar-refractivity contribution in [2.75, 3.05) is 0 Å². The molecule has 2 nitrogen and oxygen atoms in total. The monoisotopic (exact) mass is 465 g/mol. The van der Waals surface area contributed by atoms with E-state index in [-0.39, 0.29) is 11.8 Å². The number of rotatable bonds is 2. The molecule has 0 radical (unpaired) electrons. The molecule has 0 amide bonds. The van der Waals surface area contributed by atoms with E-state index in [0.29, 0.717) is 10.6 Å². The molecule has 2 N–H and O–H groups in total. The molecule has 0 bridgehead atoms. The molecule has 2 aromatic carbocycles. The smallest absolute Gasteiger partial charge is 0.161 e. The van der Waals surface area contributed by atoms with Crippen molar-refractivity contribution < 1.29 is 4.79 Å². The average Bonchev–Trinajstić information content (AvgIpc) is 2.38. The summed E-state index contributed by atoms with van der Waals surface area (Å²) in [5.41, 5.74) is 7.21. The van der Waals surface area contributed by atoms with Gasteiger partial charge in [0.2, 0.25) is 0 Å². The highest BCUT2D eigenvalue weighted by Gasteiger charge is 2.04. The van der Waals surface area contributed by atoms with Crippen LogP contribution in [0.15, 0.2) is 45.3 Å². The van der Waals surface area contributed by atoms with E-state index in [4.69, 9.17) is 28.9 Å². The highest BCUT2D eigenvalue weighted by atomic mass is 79.9. The van der Waals surface area contributed by atoms with Gasteiger partial charge in [0.25, 0.3) is 0 Å². The molecule has 0 aliphatic carbocycles. The van der Waals surface area contributed by atoms with Crippen LogP contribution in [0.5, 0.6) is 0 Å². The summed E-state index contributed by atoms with van der Waals surface area (Å²) in [7, 11) is 0. The van der Waals surface area contributed by atoms with Gasteiger partial charge in [-0.15, -0.1) is 0 Å². The standard InChI is InChI=1S/C8H9BrClN.C8H6BrClO/c2*1-5(11)7-3-2-6(9)4-8(7)10/h2-5H,11H2,1H3;2-4H,1H3. The molecule has 0 aliphatic heterocycles. The van der Waals surface area contributed by atoms with Gasteiger partial charge in [-0.1, -0.05) is 61.1 Å². The Morgan fingerprint density at radius 1 is 1.05 bits per heavy atom. The number of hydrogen-bond donors (Lipinski definition) is 1. The van der Waals surface area contributed by atoms with Crippen LogP contribution >= 0.6 is 55.1 Å². The van der Waals surface area contributed by atoms with Gasteiger partial charge >= 0.3 is 0 Å². The van der Waals surface area contributed by atoms with Crippen molar-refractivity contribution in [1.29, 1.82) is 0 Å².